The number of rotatable bonds is 6. The van der Waals surface area contributed by atoms with Crippen LogP contribution in [0.15, 0.2) is 4.99 Å². The Bertz CT molecular complexity index is 399. The third kappa shape index (κ3) is 5.63. The summed E-state index contributed by atoms with van der Waals surface area (Å²) in [6.45, 7) is 6.86. The van der Waals surface area contributed by atoms with Gasteiger partial charge in [-0.05, 0) is 6.42 Å². The first-order valence-electron chi connectivity index (χ1n) is 8.27. The van der Waals surface area contributed by atoms with E-state index in [1.54, 1.807) is 14.2 Å². The monoisotopic (exact) mass is 327 g/mol. The number of aliphatic imine (C=N–C) groups is 1. The van der Waals surface area contributed by atoms with Crippen molar-refractivity contribution in [3.63, 3.8) is 0 Å². The fraction of sp³-hybridized carbons (Fsp3) is 0.867. The van der Waals surface area contributed by atoms with Crippen molar-refractivity contribution in [3.8, 4) is 0 Å². The van der Waals surface area contributed by atoms with E-state index in [-0.39, 0.29) is 12.5 Å². The minimum Gasteiger partial charge on any atom is -0.383 e. The molecule has 1 unspecified atom stereocenters. The largest absolute Gasteiger partial charge is 0.383 e. The number of hydrogen-bond donors (Lipinski definition) is 2. The van der Waals surface area contributed by atoms with Crippen LogP contribution in [-0.4, -0.2) is 101 Å². The van der Waals surface area contributed by atoms with Crippen LogP contribution in [0.25, 0.3) is 0 Å². The topological polar surface area (TPSA) is 78.4 Å². The molecule has 0 bridgehead atoms. The standard InChI is InChI=1S/C15H29N5O3/c1-16-15(18-11-14(21)17-4-8-22-2)20-5-3-13(12-20)19-6-9-23-10-7-19/h13H,3-12H2,1-2H3,(H,16,18)(H,17,21). The highest BCUT2D eigenvalue weighted by Gasteiger charge is 2.30. The van der Waals surface area contributed by atoms with Gasteiger partial charge in [0.2, 0.25) is 5.91 Å². The number of hydrogen-bond acceptors (Lipinski definition) is 5. The molecule has 2 N–H and O–H groups in total. The summed E-state index contributed by atoms with van der Waals surface area (Å²) >= 11 is 0. The van der Waals surface area contributed by atoms with Gasteiger partial charge in [-0.1, -0.05) is 0 Å². The number of methoxy groups -OCH3 is 1. The minimum absolute atomic E-state index is 0.0490. The smallest absolute Gasteiger partial charge is 0.239 e. The lowest BCUT2D eigenvalue weighted by molar-refractivity contribution is -0.120. The lowest BCUT2D eigenvalue weighted by atomic mass is 10.2. The molecule has 0 aliphatic carbocycles. The van der Waals surface area contributed by atoms with E-state index in [1.807, 2.05) is 0 Å². The third-order valence-corrected chi connectivity index (χ3v) is 4.27. The van der Waals surface area contributed by atoms with E-state index >= 15 is 0 Å². The Labute approximate surface area is 138 Å². The molecule has 2 fully saturated rings. The quantitative estimate of drug-likeness (QED) is 0.360. The minimum atomic E-state index is -0.0490. The van der Waals surface area contributed by atoms with Gasteiger partial charge in [0.15, 0.2) is 5.96 Å². The molecular weight excluding hydrogens is 298 g/mol. The Morgan fingerprint density at radius 3 is 2.78 bits per heavy atom. The molecule has 0 aromatic rings. The number of ether oxygens (including phenoxy) is 2. The number of nitrogens with one attached hydrogen (secondary N) is 2. The van der Waals surface area contributed by atoms with Gasteiger partial charge in [0, 0.05) is 52.9 Å². The summed E-state index contributed by atoms with van der Waals surface area (Å²) < 4.78 is 10.3. The Balaban J connectivity index is 1.72. The number of amides is 1. The predicted octanol–water partition coefficient (Wildman–Crippen LogP) is -1.27. The van der Waals surface area contributed by atoms with E-state index in [2.05, 4.69) is 25.4 Å². The van der Waals surface area contributed by atoms with E-state index < -0.39 is 0 Å². The van der Waals surface area contributed by atoms with Crippen molar-refractivity contribution in [2.45, 2.75) is 12.5 Å². The zero-order valence-electron chi connectivity index (χ0n) is 14.2. The normalized spacial score (nSPS) is 23.1. The van der Waals surface area contributed by atoms with Gasteiger partial charge in [0.1, 0.15) is 0 Å². The lowest BCUT2D eigenvalue weighted by Gasteiger charge is -2.32. The van der Waals surface area contributed by atoms with Crippen LogP contribution in [0.1, 0.15) is 6.42 Å². The zero-order valence-corrected chi connectivity index (χ0v) is 14.2. The molecular formula is C15H29N5O3. The van der Waals surface area contributed by atoms with Crippen LogP contribution in [0.3, 0.4) is 0 Å². The number of carbonyl (C=O) groups excluding carboxylic acids is 1. The van der Waals surface area contributed by atoms with Crippen LogP contribution in [0, 0.1) is 0 Å². The molecule has 1 atom stereocenters. The molecule has 2 rings (SSSR count). The number of nitrogens with zero attached hydrogens (tertiary/aromatic N) is 3. The van der Waals surface area contributed by atoms with Crippen molar-refractivity contribution >= 4 is 11.9 Å². The maximum atomic E-state index is 11.7. The van der Waals surface area contributed by atoms with E-state index in [9.17, 15) is 4.79 Å². The van der Waals surface area contributed by atoms with E-state index in [0.29, 0.717) is 19.2 Å². The van der Waals surface area contributed by atoms with Crippen LogP contribution in [0.2, 0.25) is 0 Å². The first kappa shape index (κ1) is 18.0. The maximum absolute atomic E-state index is 11.7. The Kier molecular flexibility index (Phi) is 7.57. The number of guanidine groups is 1. The predicted molar refractivity (Wildman–Crippen MR) is 88.6 cm³/mol. The number of likely N-dealkylation sites (tertiary alicyclic amines) is 1. The summed E-state index contributed by atoms with van der Waals surface area (Å²) in [6, 6.07) is 0.549. The van der Waals surface area contributed by atoms with Crippen LogP contribution < -0.4 is 10.6 Å². The molecule has 8 heteroatoms. The highest BCUT2D eigenvalue weighted by atomic mass is 16.5. The molecule has 0 saturated carbocycles. The summed E-state index contributed by atoms with van der Waals surface area (Å²) in [5.41, 5.74) is 0. The molecule has 8 nitrogen and oxygen atoms in total. The van der Waals surface area contributed by atoms with E-state index in [1.165, 1.54) is 0 Å². The fourth-order valence-corrected chi connectivity index (χ4v) is 3.02. The molecule has 1 amide bonds. The molecule has 0 spiro atoms. The van der Waals surface area contributed by atoms with Crippen molar-refractivity contribution in [2.24, 2.45) is 4.99 Å². The summed E-state index contributed by atoms with van der Waals surface area (Å²) in [7, 11) is 3.37. The Hall–Kier alpha value is -1.38. The Morgan fingerprint density at radius 1 is 1.30 bits per heavy atom. The highest BCUT2D eigenvalue weighted by Crippen LogP contribution is 2.16. The van der Waals surface area contributed by atoms with Crippen molar-refractivity contribution < 1.29 is 14.3 Å². The first-order chi connectivity index (χ1) is 11.2. The molecule has 2 aliphatic rings. The van der Waals surface area contributed by atoms with Crippen molar-refractivity contribution in [2.75, 3.05) is 73.2 Å². The van der Waals surface area contributed by atoms with Gasteiger partial charge in [-0.15, -0.1) is 0 Å². The summed E-state index contributed by atoms with van der Waals surface area (Å²) in [5, 5.41) is 5.93. The van der Waals surface area contributed by atoms with E-state index in [0.717, 1.165) is 51.8 Å². The van der Waals surface area contributed by atoms with Gasteiger partial charge >= 0.3 is 0 Å². The van der Waals surface area contributed by atoms with Gasteiger partial charge in [0.05, 0.1) is 26.4 Å². The van der Waals surface area contributed by atoms with Gasteiger partial charge in [-0.2, -0.15) is 0 Å². The SMILES string of the molecule is CN=C(NCC(=O)NCCOC)N1CCC(N2CCOCC2)C1. The Morgan fingerprint density at radius 2 is 2.09 bits per heavy atom. The van der Waals surface area contributed by atoms with E-state index in [4.69, 9.17) is 9.47 Å². The van der Waals surface area contributed by atoms with Crippen LogP contribution in [-0.2, 0) is 14.3 Å². The molecule has 132 valence electrons. The van der Waals surface area contributed by atoms with Gasteiger partial charge in [-0.3, -0.25) is 14.7 Å². The van der Waals surface area contributed by atoms with Gasteiger partial charge < -0.3 is 25.0 Å². The van der Waals surface area contributed by atoms with Gasteiger partial charge in [0.25, 0.3) is 0 Å². The van der Waals surface area contributed by atoms with Crippen LogP contribution in [0.5, 0.6) is 0 Å². The highest BCUT2D eigenvalue weighted by molar-refractivity contribution is 5.86. The van der Waals surface area contributed by atoms with Crippen molar-refractivity contribution in [1.29, 1.82) is 0 Å². The number of morpholine rings is 1. The molecule has 0 aromatic carbocycles. The average Bonchev–Trinajstić information content (AvgIpc) is 3.06. The molecule has 23 heavy (non-hydrogen) atoms. The van der Waals surface area contributed by atoms with Crippen LogP contribution >= 0.6 is 0 Å². The summed E-state index contributed by atoms with van der Waals surface area (Å²) in [5.74, 6) is 0.745. The fourth-order valence-electron chi connectivity index (χ4n) is 3.02. The second kappa shape index (κ2) is 9.69. The van der Waals surface area contributed by atoms with Crippen LogP contribution in [0.4, 0.5) is 0 Å². The molecule has 2 saturated heterocycles. The van der Waals surface area contributed by atoms with Crippen molar-refractivity contribution in [3.05, 3.63) is 0 Å². The average molecular weight is 327 g/mol. The van der Waals surface area contributed by atoms with Gasteiger partial charge in [-0.25, -0.2) is 0 Å². The molecule has 0 radical (unpaired) electrons. The summed E-state index contributed by atoms with van der Waals surface area (Å²) in [6.07, 6.45) is 1.13. The first-order valence-corrected chi connectivity index (χ1v) is 8.27. The zero-order chi connectivity index (χ0) is 16.5. The third-order valence-electron chi connectivity index (χ3n) is 4.27. The maximum Gasteiger partial charge on any atom is 0.239 e. The number of carbonyl (C=O) groups is 1. The molecule has 2 aliphatic heterocycles. The second-order valence-electron chi connectivity index (χ2n) is 5.78. The van der Waals surface area contributed by atoms with Crippen molar-refractivity contribution in [1.82, 2.24) is 20.4 Å². The molecule has 0 aromatic heterocycles. The lowest BCUT2D eigenvalue weighted by Crippen LogP contribution is -2.48. The summed E-state index contributed by atoms with van der Waals surface area (Å²) in [4.78, 5) is 20.8. The molecule has 2 heterocycles. The second-order valence-corrected chi connectivity index (χ2v) is 5.78.